The molecule has 0 amide bonds. The van der Waals surface area contributed by atoms with Gasteiger partial charge in [0.05, 0.1) is 5.69 Å². The van der Waals surface area contributed by atoms with Gasteiger partial charge in [-0.05, 0) is 127 Å². The van der Waals surface area contributed by atoms with Crippen molar-refractivity contribution in [1.82, 2.24) is 0 Å². The van der Waals surface area contributed by atoms with Crippen molar-refractivity contribution < 1.29 is 0 Å². The Morgan fingerprint density at radius 1 is 0.339 bits per heavy atom. The summed E-state index contributed by atoms with van der Waals surface area (Å²) >= 11 is 0. The smallest absolute Gasteiger partial charge is 0.0540 e. The highest BCUT2D eigenvalue weighted by Gasteiger charge is 2.26. The molecule has 0 aliphatic carbocycles. The fourth-order valence-electron chi connectivity index (χ4n) is 8.97. The molecule has 1 aliphatic rings. The van der Waals surface area contributed by atoms with Gasteiger partial charge in [0.2, 0.25) is 0 Å². The Hall–Kier alpha value is -7.68. The molecule has 1 aliphatic heterocycles. The monoisotopic (exact) mass is 752 g/mol. The SMILES string of the molecule is c1ccc(-c2ccc(N3c4ccc(-c5ccc(N(c6ccccc6)c6cccc7ccccc67)cc5)cc4Cc4cc(-c5cccc6ccccc56)ccc43)cc2)cc1. The molecule has 278 valence electrons. The van der Waals surface area contributed by atoms with Gasteiger partial charge in [-0.25, -0.2) is 0 Å². The molecule has 0 saturated carbocycles. The predicted octanol–water partition coefficient (Wildman–Crippen LogP) is 15.8. The maximum absolute atomic E-state index is 2.45. The molecule has 1 heterocycles. The predicted molar refractivity (Wildman–Crippen MR) is 250 cm³/mol. The fourth-order valence-corrected chi connectivity index (χ4v) is 8.97. The molecule has 10 aromatic rings. The zero-order valence-electron chi connectivity index (χ0n) is 32.5. The molecule has 0 N–H and O–H groups in total. The van der Waals surface area contributed by atoms with E-state index < -0.39 is 0 Å². The van der Waals surface area contributed by atoms with Crippen LogP contribution in [0.2, 0.25) is 0 Å². The molecule has 0 radical (unpaired) electrons. The summed E-state index contributed by atoms with van der Waals surface area (Å²) < 4.78 is 0. The maximum atomic E-state index is 2.45. The Morgan fingerprint density at radius 2 is 0.831 bits per heavy atom. The van der Waals surface area contributed by atoms with Crippen molar-refractivity contribution in [2.75, 3.05) is 9.80 Å². The molecule has 0 aromatic heterocycles. The first-order valence-corrected chi connectivity index (χ1v) is 20.4. The molecule has 0 fully saturated rings. The van der Waals surface area contributed by atoms with Crippen LogP contribution in [0.4, 0.5) is 34.1 Å². The Kier molecular flexibility index (Phi) is 8.60. The number of nitrogens with zero attached hydrogens (tertiary/aromatic N) is 2. The first-order chi connectivity index (χ1) is 29.2. The van der Waals surface area contributed by atoms with Crippen LogP contribution in [0.1, 0.15) is 11.1 Å². The first-order valence-electron chi connectivity index (χ1n) is 20.4. The van der Waals surface area contributed by atoms with E-state index in [1.807, 2.05) is 0 Å². The van der Waals surface area contributed by atoms with Gasteiger partial charge in [0.25, 0.3) is 0 Å². The molecule has 10 aromatic carbocycles. The van der Waals surface area contributed by atoms with E-state index in [1.165, 1.54) is 77.4 Å². The number of hydrogen-bond acceptors (Lipinski definition) is 2. The molecular weight excluding hydrogens is 713 g/mol. The third kappa shape index (κ3) is 6.32. The second-order valence-electron chi connectivity index (χ2n) is 15.4. The van der Waals surface area contributed by atoms with Gasteiger partial charge >= 0.3 is 0 Å². The van der Waals surface area contributed by atoms with E-state index >= 15 is 0 Å². The Balaban J connectivity index is 0.995. The quantitative estimate of drug-likeness (QED) is 0.160. The summed E-state index contributed by atoms with van der Waals surface area (Å²) in [4.78, 5) is 4.81. The molecule has 0 unspecified atom stereocenters. The summed E-state index contributed by atoms with van der Waals surface area (Å²) in [5.74, 6) is 0. The Morgan fingerprint density at radius 3 is 1.56 bits per heavy atom. The van der Waals surface area contributed by atoms with Crippen molar-refractivity contribution in [3.05, 3.63) is 242 Å². The minimum absolute atomic E-state index is 0.844. The summed E-state index contributed by atoms with van der Waals surface area (Å²) in [5, 5.41) is 4.98. The highest BCUT2D eigenvalue weighted by atomic mass is 15.2. The average molecular weight is 753 g/mol. The summed E-state index contributed by atoms with van der Waals surface area (Å²) in [6, 6.07) is 83.9. The highest BCUT2D eigenvalue weighted by molar-refractivity contribution is 6.00. The van der Waals surface area contributed by atoms with Crippen molar-refractivity contribution in [2.45, 2.75) is 6.42 Å². The number of hydrogen-bond donors (Lipinski definition) is 0. The van der Waals surface area contributed by atoms with Gasteiger partial charge in [0.1, 0.15) is 0 Å². The fraction of sp³-hybridized carbons (Fsp3) is 0.0175. The minimum Gasteiger partial charge on any atom is -0.310 e. The molecule has 59 heavy (non-hydrogen) atoms. The van der Waals surface area contributed by atoms with Crippen LogP contribution in [0.15, 0.2) is 231 Å². The molecule has 11 rings (SSSR count). The number of fused-ring (bicyclic) bond motifs is 4. The normalized spacial score (nSPS) is 12.0. The second kappa shape index (κ2) is 14.7. The molecule has 0 spiro atoms. The van der Waals surface area contributed by atoms with Crippen LogP contribution >= 0.6 is 0 Å². The van der Waals surface area contributed by atoms with Gasteiger partial charge in [-0.15, -0.1) is 0 Å². The van der Waals surface area contributed by atoms with Crippen molar-refractivity contribution in [3.8, 4) is 33.4 Å². The Bertz CT molecular complexity index is 3100. The van der Waals surface area contributed by atoms with Crippen LogP contribution < -0.4 is 9.80 Å². The van der Waals surface area contributed by atoms with E-state index in [2.05, 4.69) is 240 Å². The lowest BCUT2D eigenvalue weighted by atomic mass is 9.89. The van der Waals surface area contributed by atoms with E-state index in [0.717, 1.165) is 29.2 Å². The third-order valence-corrected chi connectivity index (χ3v) is 11.8. The van der Waals surface area contributed by atoms with E-state index in [-0.39, 0.29) is 0 Å². The van der Waals surface area contributed by atoms with Crippen molar-refractivity contribution in [1.29, 1.82) is 0 Å². The van der Waals surface area contributed by atoms with Gasteiger partial charge in [0, 0.05) is 40.2 Å². The lowest BCUT2D eigenvalue weighted by Gasteiger charge is -2.34. The van der Waals surface area contributed by atoms with Crippen LogP contribution in [-0.4, -0.2) is 0 Å². The van der Waals surface area contributed by atoms with E-state index in [4.69, 9.17) is 0 Å². The molecule has 0 bridgehead atoms. The second-order valence-corrected chi connectivity index (χ2v) is 15.4. The van der Waals surface area contributed by atoms with Crippen LogP contribution in [-0.2, 0) is 6.42 Å². The van der Waals surface area contributed by atoms with E-state index in [1.54, 1.807) is 0 Å². The van der Waals surface area contributed by atoms with Gasteiger partial charge in [-0.2, -0.15) is 0 Å². The topological polar surface area (TPSA) is 6.48 Å². The van der Waals surface area contributed by atoms with Crippen LogP contribution in [0, 0.1) is 0 Å². The van der Waals surface area contributed by atoms with Crippen LogP contribution in [0.3, 0.4) is 0 Å². The summed E-state index contributed by atoms with van der Waals surface area (Å²) in [6.07, 6.45) is 0.844. The van der Waals surface area contributed by atoms with E-state index in [0.29, 0.717) is 0 Å². The van der Waals surface area contributed by atoms with Gasteiger partial charge in [-0.3, -0.25) is 0 Å². The van der Waals surface area contributed by atoms with Crippen LogP contribution in [0.5, 0.6) is 0 Å². The highest BCUT2D eigenvalue weighted by Crippen LogP contribution is 2.47. The summed E-state index contributed by atoms with van der Waals surface area (Å²) in [7, 11) is 0. The number of rotatable bonds is 7. The van der Waals surface area contributed by atoms with Crippen molar-refractivity contribution in [3.63, 3.8) is 0 Å². The minimum atomic E-state index is 0.844. The summed E-state index contributed by atoms with van der Waals surface area (Å²) in [6.45, 7) is 0. The van der Waals surface area contributed by atoms with Crippen LogP contribution in [0.25, 0.3) is 54.9 Å². The maximum Gasteiger partial charge on any atom is 0.0540 e. The molecule has 2 heteroatoms. The largest absolute Gasteiger partial charge is 0.310 e. The van der Waals surface area contributed by atoms with Gasteiger partial charge in [0.15, 0.2) is 0 Å². The van der Waals surface area contributed by atoms with Crippen molar-refractivity contribution >= 4 is 55.7 Å². The molecule has 0 atom stereocenters. The first kappa shape index (κ1) is 34.6. The summed E-state index contributed by atoms with van der Waals surface area (Å²) in [5.41, 5.74) is 17.0. The average Bonchev–Trinajstić information content (AvgIpc) is 3.31. The lowest BCUT2D eigenvalue weighted by molar-refractivity contribution is 1.09. The number of para-hydroxylation sites is 1. The van der Waals surface area contributed by atoms with Gasteiger partial charge < -0.3 is 9.80 Å². The molecular formula is C57H40N2. The zero-order valence-corrected chi connectivity index (χ0v) is 32.5. The standard InChI is InChI=1S/C57H40N2/c1-3-13-40(14-4-1)41-25-33-51(34-26-41)59-55-35-29-45(37-47(55)39-48-38-46(30-36-56(48)59)53-23-11-17-43-15-7-9-21-52(43)53)42-27-31-50(32-28-42)58(49-19-5-2-6-20-49)57-24-12-18-44-16-8-10-22-54(44)57/h1-38H,39H2. The Labute approximate surface area is 345 Å². The third-order valence-electron chi connectivity index (χ3n) is 11.8. The molecule has 0 saturated heterocycles. The van der Waals surface area contributed by atoms with Gasteiger partial charge in [-0.1, -0.05) is 164 Å². The zero-order chi connectivity index (χ0) is 39.1. The van der Waals surface area contributed by atoms with Crippen molar-refractivity contribution in [2.24, 2.45) is 0 Å². The number of anilines is 6. The molecule has 2 nitrogen and oxygen atoms in total. The lowest BCUT2D eigenvalue weighted by Crippen LogP contribution is -2.18. The number of benzene rings is 10. The van der Waals surface area contributed by atoms with E-state index in [9.17, 15) is 0 Å².